The molecule has 4 atom stereocenters. The van der Waals surface area contributed by atoms with E-state index in [2.05, 4.69) is 20.4 Å². The van der Waals surface area contributed by atoms with E-state index < -0.39 is 67.5 Å². The van der Waals surface area contributed by atoms with Crippen molar-refractivity contribution in [2.45, 2.75) is 153 Å². The maximum Gasteiger partial charge on any atom is 0.236 e. The Kier molecular flexibility index (Phi) is 10.6. The number of hydrogen-bond acceptors (Lipinski definition) is 9. The van der Waals surface area contributed by atoms with Crippen LogP contribution < -0.4 is 20.8 Å². The van der Waals surface area contributed by atoms with Crippen LogP contribution in [0.5, 0.6) is 0 Å². The Morgan fingerprint density at radius 1 is 0.651 bits per heavy atom. The number of carboxylic acid groups (broad SMARTS) is 2. The number of hydrogen-bond donors (Lipinski definition) is 2. The standard InChI is InChI=1S/C32H58N4O6S/c1-19(23(37)33-13)35-27(3,4)15-21(16-28(35,5)6)31(11,25(39)40)43-32(12,26(41)42)22-17-29(7,8)36(30(9,10)18-22)20(2)24(38)34-14/h19-22H,15-18H2,1-14H3,(H,33,37)(H,34,38)(H,39,40)(H,41,42)/p-2. The van der Waals surface area contributed by atoms with Crippen molar-refractivity contribution in [1.29, 1.82) is 0 Å². The summed E-state index contributed by atoms with van der Waals surface area (Å²) in [4.78, 5) is 55.9. The Labute approximate surface area is 263 Å². The van der Waals surface area contributed by atoms with Crippen LogP contribution in [-0.4, -0.2) is 91.4 Å². The molecule has 0 saturated carbocycles. The molecule has 2 heterocycles. The van der Waals surface area contributed by atoms with E-state index in [1.807, 2.05) is 69.2 Å². The van der Waals surface area contributed by atoms with E-state index in [4.69, 9.17) is 0 Å². The van der Waals surface area contributed by atoms with Gasteiger partial charge in [0.2, 0.25) is 11.8 Å². The number of carbonyl (C=O) groups is 4. The predicted molar refractivity (Wildman–Crippen MR) is 167 cm³/mol. The van der Waals surface area contributed by atoms with Gasteiger partial charge in [0.25, 0.3) is 0 Å². The Morgan fingerprint density at radius 3 is 1.07 bits per heavy atom. The van der Waals surface area contributed by atoms with Crippen molar-refractivity contribution in [3.8, 4) is 0 Å². The maximum atomic E-state index is 13.1. The molecule has 2 fully saturated rings. The molecular weight excluding hydrogens is 568 g/mol. The molecule has 2 aliphatic rings. The molecule has 0 spiro atoms. The Balaban J connectivity index is 2.56. The quantitative estimate of drug-likeness (QED) is 0.370. The van der Waals surface area contributed by atoms with Crippen molar-refractivity contribution < 1.29 is 29.4 Å². The van der Waals surface area contributed by atoms with Crippen LogP contribution in [0, 0.1) is 11.8 Å². The van der Waals surface area contributed by atoms with Gasteiger partial charge in [-0.15, -0.1) is 11.8 Å². The third-order valence-electron chi connectivity index (χ3n) is 10.4. The van der Waals surface area contributed by atoms with Crippen LogP contribution in [0.3, 0.4) is 0 Å². The zero-order valence-corrected chi connectivity index (χ0v) is 29.7. The Hall–Kier alpha value is -1.85. The molecule has 10 nitrogen and oxygen atoms in total. The molecule has 2 N–H and O–H groups in total. The molecule has 0 bridgehead atoms. The summed E-state index contributed by atoms with van der Waals surface area (Å²) in [6, 6.07) is -0.892. The van der Waals surface area contributed by atoms with Gasteiger partial charge >= 0.3 is 0 Å². The van der Waals surface area contributed by atoms with Gasteiger partial charge in [-0.1, -0.05) is 0 Å². The fourth-order valence-corrected chi connectivity index (χ4v) is 10.9. The van der Waals surface area contributed by atoms with Crippen LogP contribution in [0.4, 0.5) is 0 Å². The number of piperidine rings is 2. The number of likely N-dealkylation sites (tertiary alicyclic amines) is 2. The van der Waals surface area contributed by atoms with E-state index in [9.17, 15) is 29.4 Å². The maximum absolute atomic E-state index is 13.1. The molecule has 11 heteroatoms. The molecule has 43 heavy (non-hydrogen) atoms. The normalized spacial score (nSPS) is 26.7. The first kappa shape index (κ1) is 37.3. The lowest BCUT2D eigenvalue weighted by Crippen LogP contribution is -2.70. The van der Waals surface area contributed by atoms with E-state index in [0.717, 1.165) is 11.8 Å². The monoisotopic (exact) mass is 624 g/mol. The van der Waals surface area contributed by atoms with E-state index in [0.29, 0.717) is 25.7 Å². The average molecular weight is 625 g/mol. The van der Waals surface area contributed by atoms with Gasteiger partial charge < -0.3 is 30.4 Å². The molecule has 2 rings (SSSR count). The highest BCUT2D eigenvalue weighted by atomic mass is 32.2. The number of amides is 2. The SMILES string of the molecule is CNC(=O)C(C)N1C(C)(C)CC(C(C)(SC(C)(C(=O)[O-])C2CC(C)(C)N(C(C)C(=O)NC)C(C)(C)C2)C(=O)[O-])CC1(C)C. The van der Waals surface area contributed by atoms with Crippen molar-refractivity contribution in [2.24, 2.45) is 11.8 Å². The second-order valence-electron chi connectivity index (χ2n) is 15.7. The topological polar surface area (TPSA) is 145 Å². The lowest BCUT2D eigenvalue weighted by atomic mass is 9.68. The van der Waals surface area contributed by atoms with E-state index in [1.54, 1.807) is 27.9 Å². The van der Waals surface area contributed by atoms with Crippen molar-refractivity contribution in [3.05, 3.63) is 0 Å². The molecule has 4 unspecified atom stereocenters. The molecule has 0 aliphatic carbocycles. The fourth-order valence-electron chi connectivity index (χ4n) is 9.14. The predicted octanol–water partition coefficient (Wildman–Crippen LogP) is 1.54. The number of rotatable bonds is 10. The lowest BCUT2D eigenvalue weighted by molar-refractivity contribution is -0.311. The summed E-state index contributed by atoms with van der Waals surface area (Å²) >= 11 is 0.948. The van der Waals surface area contributed by atoms with Crippen molar-refractivity contribution in [2.75, 3.05) is 14.1 Å². The number of likely N-dealkylation sites (N-methyl/N-ethyl adjacent to an activating group) is 2. The minimum atomic E-state index is -1.56. The molecule has 2 amide bonds. The first-order chi connectivity index (χ1) is 19.2. The second kappa shape index (κ2) is 12.2. The summed E-state index contributed by atoms with van der Waals surface area (Å²) < 4.78 is -3.13. The second-order valence-corrected chi connectivity index (χ2v) is 17.6. The van der Waals surface area contributed by atoms with Crippen LogP contribution in [0.15, 0.2) is 0 Å². The molecule has 0 aromatic rings. The summed E-state index contributed by atoms with van der Waals surface area (Å²) in [6.45, 7) is 23.0. The lowest BCUT2D eigenvalue weighted by Gasteiger charge is -2.62. The van der Waals surface area contributed by atoms with Crippen LogP contribution in [0.1, 0.15) is 109 Å². The zero-order valence-electron chi connectivity index (χ0n) is 28.9. The summed E-state index contributed by atoms with van der Waals surface area (Å²) in [6.07, 6.45) is 1.71. The van der Waals surface area contributed by atoms with Gasteiger partial charge in [0.1, 0.15) is 0 Å². The third-order valence-corrected chi connectivity index (χ3v) is 12.3. The highest BCUT2D eigenvalue weighted by molar-refractivity contribution is 8.03. The van der Waals surface area contributed by atoms with Gasteiger partial charge in [0.15, 0.2) is 0 Å². The number of carbonyl (C=O) groups excluding carboxylic acids is 4. The minimum Gasteiger partial charge on any atom is -0.549 e. The summed E-state index contributed by atoms with van der Waals surface area (Å²) in [5.41, 5.74) is -2.28. The van der Waals surface area contributed by atoms with Crippen LogP contribution in [0.25, 0.3) is 0 Å². The van der Waals surface area contributed by atoms with Gasteiger partial charge in [-0.05, 0) is 121 Å². The van der Waals surface area contributed by atoms with E-state index >= 15 is 0 Å². The molecule has 2 saturated heterocycles. The molecule has 0 radical (unpaired) electrons. The van der Waals surface area contributed by atoms with Gasteiger partial charge in [0, 0.05) is 36.3 Å². The zero-order chi connectivity index (χ0) is 33.7. The highest BCUT2D eigenvalue weighted by Gasteiger charge is 2.58. The van der Waals surface area contributed by atoms with Crippen LogP contribution in [0.2, 0.25) is 0 Å². The summed E-state index contributed by atoms with van der Waals surface area (Å²) in [5, 5.41) is 31.7. The fraction of sp³-hybridized carbons (Fsp3) is 0.875. The number of nitrogens with zero attached hydrogens (tertiary/aromatic N) is 2. The van der Waals surface area contributed by atoms with E-state index in [-0.39, 0.29) is 11.8 Å². The molecule has 0 aromatic carbocycles. The number of aliphatic carboxylic acids is 2. The third kappa shape index (κ3) is 6.88. The van der Waals surface area contributed by atoms with Crippen molar-refractivity contribution in [3.63, 3.8) is 0 Å². The Bertz CT molecular complexity index is 987. The first-order valence-corrected chi connectivity index (χ1v) is 16.2. The number of nitrogens with one attached hydrogen (secondary N) is 2. The van der Waals surface area contributed by atoms with Crippen LogP contribution >= 0.6 is 11.8 Å². The summed E-state index contributed by atoms with van der Waals surface area (Å²) in [5.74, 6) is -3.76. The number of thioether (sulfide) groups is 1. The molecule has 248 valence electrons. The average Bonchev–Trinajstić information content (AvgIpc) is 2.83. The van der Waals surface area contributed by atoms with Gasteiger partial charge in [-0.2, -0.15) is 0 Å². The van der Waals surface area contributed by atoms with Crippen LogP contribution in [-0.2, 0) is 19.2 Å². The molecule has 0 aromatic heterocycles. The highest BCUT2D eigenvalue weighted by Crippen LogP contribution is 2.57. The molecule has 2 aliphatic heterocycles. The Morgan fingerprint density at radius 2 is 0.884 bits per heavy atom. The number of carboxylic acids is 2. The van der Waals surface area contributed by atoms with Gasteiger partial charge in [0.05, 0.1) is 33.5 Å². The smallest absolute Gasteiger partial charge is 0.236 e. The minimum absolute atomic E-state index is 0.122. The summed E-state index contributed by atoms with van der Waals surface area (Å²) in [7, 11) is 3.20. The first-order valence-electron chi connectivity index (χ1n) is 15.4. The van der Waals surface area contributed by atoms with Gasteiger partial charge in [-0.25, -0.2) is 0 Å². The molecular formula is C32H56N4O6S-2. The largest absolute Gasteiger partial charge is 0.549 e. The van der Waals surface area contributed by atoms with Gasteiger partial charge in [-0.3, -0.25) is 19.4 Å². The van der Waals surface area contributed by atoms with Crippen molar-refractivity contribution in [1.82, 2.24) is 20.4 Å². The van der Waals surface area contributed by atoms with E-state index in [1.165, 1.54) is 0 Å². The van der Waals surface area contributed by atoms with Crippen molar-refractivity contribution >= 4 is 35.5 Å².